The van der Waals surface area contributed by atoms with Crippen LogP contribution in [0.3, 0.4) is 0 Å². The molecule has 3 heteroatoms. The molecule has 1 rings (SSSR count). The van der Waals surface area contributed by atoms with Crippen molar-refractivity contribution in [2.75, 3.05) is 13.2 Å². The van der Waals surface area contributed by atoms with Crippen molar-refractivity contribution in [2.45, 2.75) is 19.8 Å². The first-order chi connectivity index (χ1) is 6.83. The van der Waals surface area contributed by atoms with Crippen LogP contribution in [0, 0.1) is 0 Å². The number of ketones is 1. The Bertz CT molecular complexity index is 272. The molecule has 0 aromatic carbocycles. The Morgan fingerprint density at radius 3 is 3.00 bits per heavy atom. The molecular formula is C11H15NO2. The van der Waals surface area contributed by atoms with Gasteiger partial charge in [0.15, 0.2) is 5.78 Å². The zero-order valence-corrected chi connectivity index (χ0v) is 8.40. The summed E-state index contributed by atoms with van der Waals surface area (Å²) in [5.74, 6) is 0.137. The van der Waals surface area contributed by atoms with E-state index in [1.807, 2.05) is 25.1 Å². The van der Waals surface area contributed by atoms with Crippen molar-refractivity contribution in [2.24, 2.45) is 0 Å². The second-order valence-corrected chi connectivity index (χ2v) is 3.00. The van der Waals surface area contributed by atoms with Crippen molar-refractivity contribution in [3.8, 4) is 0 Å². The number of nitrogens with zero attached hydrogens (tertiary/aromatic N) is 1. The topological polar surface area (TPSA) is 39.2 Å². The van der Waals surface area contributed by atoms with Gasteiger partial charge in [-0.2, -0.15) is 0 Å². The van der Waals surface area contributed by atoms with Gasteiger partial charge in [-0.25, -0.2) is 0 Å². The van der Waals surface area contributed by atoms with Gasteiger partial charge in [0.1, 0.15) is 6.61 Å². The molecule has 0 amide bonds. The summed E-state index contributed by atoms with van der Waals surface area (Å²) in [5.41, 5.74) is 0.956. The number of hydrogen-bond donors (Lipinski definition) is 0. The molecule has 0 radical (unpaired) electrons. The van der Waals surface area contributed by atoms with Crippen LogP contribution in [0.2, 0.25) is 0 Å². The maximum Gasteiger partial charge on any atom is 0.158 e. The Balaban J connectivity index is 2.24. The first-order valence-corrected chi connectivity index (χ1v) is 4.82. The third kappa shape index (κ3) is 4.14. The van der Waals surface area contributed by atoms with Gasteiger partial charge in [-0.3, -0.25) is 9.78 Å². The maximum absolute atomic E-state index is 11.2. The molecule has 0 saturated heterocycles. The summed E-state index contributed by atoms with van der Waals surface area (Å²) in [6.07, 6.45) is 2.95. The van der Waals surface area contributed by atoms with Gasteiger partial charge >= 0.3 is 0 Å². The lowest BCUT2D eigenvalue weighted by Gasteiger charge is -2.00. The smallest absolute Gasteiger partial charge is 0.158 e. The van der Waals surface area contributed by atoms with Crippen molar-refractivity contribution < 1.29 is 9.53 Å². The van der Waals surface area contributed by atoms with Gasteiger partial charge in [0.25, 0.3) is 0 Å². The Hall–Kier alpha value is -1.22. The van der Waals surface area contributed by atoms with Crippen molar-refractivity contribution >= 4 is 5.78 Å². The molecule has 0 saturated carbocycles. The number of aromatic nitrogens is 1. The predicted octanol–water partition coefficient (Wildman–Crippen LogP) is 1.62. The number of aryl methyl sites for hydroxylation is 1. The quantitative estimate of drug-likeness (QED) is 0.689. The van der Waals surface area contributed by atoms with Crippen LogP contribution in [0.1, 0.15) is 19.0 Å². The highest BCUT2D eigenvalue weighted by atomic mass is 16.5. The number of rotatable bonds is 6. The highest BCUT2D eigenvalue weighted by Gasteiger charge is 2.02. The molecule has 0 aliphatic heterocycles. The minimum absolute atomic E-state index is 0.137. The van der Waals surface area contributed by atoms with E-state index in [-0.39, 0.29) is 12.4 Å². The molecule has 0 N–H and O–H groups in total. The summed E-state index contributed by atoms with van der Waals surface area (Å²) in [6, 6.07) is 5.72. The lowest BCUT2D eigenvalue weighted by molar-refractivity contribution is -0.123. The van der Waals surface area contributed by atoms with Crippen LogP contribution >= 0.6 is 0 Å². The maximum atomic E-state index is 11.2. The number of pyridine rings is 1. The van der Waals surface area contributed by atoms with Gasteiger partial charge in [-0.15, -0.1) is 0 Å². The van der Waals surface area contributed by atoms with Gasteiger partial charge in [0, 0.05) is 24.9 Å². The summed E-state index contributed by atoms with van der Waals surface area (Å²) in [6.45, 7) is 2.70. The molecule has 3 nitrogen and oxygen atoms in total. The van der Waals surface area contributed by atoms with E-state index in [2.05, 4.69) is 4.98 Å². The minimum atomic E-state index is 0.137. The van der Waals surface area contributed by atoms with E-state index < -0.39 is 0 Å². The fraction of sp³-hybridized carbons (Fsp3) is 0.455. The average molecular weight is 193 g/mol. The van der Waals surface area contributed by atoms with Crippen LogP contribution in [0.5, 0.6) is 0 Å². The standard InChI is InChI=1S/C11H15NO2/c1-2-14-9-11(13)7-6-10-5-3-4-8-12-10/h3-5,8H,2,6-7,9H2,1H3. The third-order valence-electron chi connectivity index (χ3n) is 1.85. The highest BCUT2D eigenvalue weighted by Crippen LogP contribution is 1.99. The third-order valence-corrected chi connectivity index (χ3v) is 1.85. The van der Waals surface area contributed by atoms with Crippen LogP contribution in [0.15, 0.2) is 24.4 Å². The van der Waals surface area contributed by atoms with Crippen molar-refractivity contribution in [3.05, 3.63) is 30.1 Å². The second kappa shape index (κ2) is 6.27. The number of carbonyl (C=O) groups is 1. The molecule has 0 unspecified atom stereocenters. The van der Waals surface area contributed by atoms with Gasteiger partial charge in [-0.05, 0) is 25.5 Å². The highest BCUT2D eigenvalue weighted by molar-refractivity contribution is 5.79. The van der Waals surface area contributed by atoms with Crippen LogP contribution in [-0.4, -0.2) is 24.0 Å². The van der Waals surface area contributed by atoms with Gasteiger partial charge < -0.3 is 4.74 Å². The Labute approximate surface area is 84.1 Å². The van der Waals surface area contributed by atoms with E-state index in [1.54, 1.807) is 6.20 Å². The van der Waals surface area contributed by atoms with Gasteiger partial charge in [0.05, 0.1) is 0 Å². The van der Waals surface area contributed by atoms with Gasteiger partial charge in [0.2, 0.25) is 0 Å². The first kappa shape index (κ1) is 10.9. The molecule has 76 valence electrons. The van der Waals surface area contributed by atoms with Crippen LogP contribution in [-0.2, 0) is 16.0 Å². The summed E-state index contributed by atoms with van der Waals surface area (Å²) < 4.78 is 5.01. The number of Topliss-reactive ketones (excluding diaryl/α,β-unsaturated/α-hetero) is 1. The van der Waals surface area contributed by atoms with E-state index >= 15 is 0 Å². The first-order valence-electron chi connectivity index (χ1n) is 4.82. The van der Waals surface area contributed by atoms with Gasteiger partial charge in [-0.1, -0.05) is 6.07 Å². The van der Waals surface area contributed by atoms with Crippen LogP contribution in [0.25, 0.3) is 0 Å². The van der Waals surface area contributed by atoms with E-state index in [0.29, 0.717) is 19.4 Å². The summed E-state index contributed by atoms with van der Waals surface area (Å²) >= 11 is 0. The fourth-order valence-corrected chi connectivity index (χ4v) is 1.10. The molecule has 1 aromatic heterocycles. The largest absolute Gasteiger partial charge is 0.374 e. The lowest BCUT2D eigenvalue weighted by Crippen LogP contribution is -2.09. The van der Waals surface area contributed by atoms with Crippen molar-refractivity contribution in [1.29, 1.82) is 0 Å². The SMILES string of the molecule is CCOCC(=O)CCc1ccccn1. The predicted molar refractivity (Wildman–Crippen MR) is 54.1 cm³/mol. The zero-order valence-electron chi connectivity index (χ0n) is 8.40. The van der Waals surface area contributed by atoms with Crippen molar-refractivity contribution in [1.82, 2.24) is 4.98 Å². The van der Waals surface area contributed by atoms with Crippen molar-refractivity contribution in [3.63, 3.8) is 0 Å². The molecule has 0 fully saturated rings. The molecule has 0 aliphatic carbocycles. The van der Waals surface area contributed by atoms with Crippen LogP contribution in [0.4, 0.5) is 0 Å². The molecular weight excluding hydrogens is 178 g/mol. The lowest BCUT2D eigenvalue weighted by atomic mass is 10.2. The minimum Gasteiger partial charge on any atom is -0.374 e. The molecule has 0 bridgehead atoms. The van der Waals surface area contributed by atoms with Crippen LogP contribution < -0.4 is 0 Å². The van der Waals surface area contributed by atoms with E-state index in [9.17, 15) is 4.79 Å². The fourth-order valence-electron chi connectivity index (χ4n) is 1.10. The summed E-state index contributed by atoms with van der Waals surface area (Å²) in [4.78, 5) is 15.4. The number of hydrogen-bond acceptors (Lipinski definition) is 3. The Kier molecular flexibility index (Phi) is 4.86. The molecule has 0 spiro atoms. The molecule has 1 aromatic rings. The molecule has 0 aliphatic rings. The summed E-state index contributed by atoms with van der Waals surface area (Å²) in [7, 11) is 0. The molecule has 1 heterocycles. The van der Waals surface area contributed by atoms with E-state index in [1.165, 1.54) is 0 Å². The summed E-state index contributed by atoms with van der Waals surface area (Å²) in [5, 5.41) is 0. The Morgan fingerprint density at radius 2 is 2.36 bits per heavy atom. The molecule has 0 atom stereocenters. The monoisotopic (exact) mass is 193 g/mol. The second-order valence-electron chi connectivity index (χ2n) is 3.00. The molecule has 14 heavy (non-hydrogen) atoms. The number of ether oxygens (including phenoxy) is 1. The van der Waals surface area contributed by atoms with E-state index in [4.69, 9.17) is 4.74 Å². The normalized spacial score (nSPS) is 10.1. The zero-order chi connectivity index (χ0) is 10.2. The average Bonchev–Trinajstić information content (AvgIpc) is 2.25. The Morgan fingerprint density at radius 1 is 1.50 bits per heavy atom. The number of carbonyl (C=O) groups excluding carboxylic acids is 1. The van der Waals surface area contributed by atoms with E-state index in [0.717, 1.165) is 5.69 Å².